The van der Waals surface area contributed by atoms with Crippen molar-refractivity contribution in [3.05, 3.63) is 71.3 Å². The average Bonchev–Trinajstić information content (AvgIpc) is 2.77. The highest BCUT2D eigenvalue weighted by Gasteiger charge is 2.22. The summed E-state index contributed by atoms with van der Waals surface area (Å²) < 4.78 is 11.0. The number of carbonyl (C=O) groups excluding carboxylic acids is 1. The summed E-state index contributed by atoms with van der Waals surface area (Å²) in [6, 6.07) is 18.9. The van der Waals surface area contributed by atoms with Crippen LogP contribution in [0.5, 0.6) is 5.75 Å². The standard InChI is InChI=1S/C25H29NO3/c1-4-6-8-13-21(5-2)29-25(27)23(18-26)24(19-11-9-7-10-12-19)20-14-16-22(28-3)17-15-20/h7,9-12,14-17,21H,4-6,8,13H2,1-3H3. The third kappa shape index (κ3) is 6.22. The molecule has 152 valence electrons. The Morgan fingerprint density at radius 1 is 1.00 bits per heavy atom. The summed E-state index contributed by atoms with van der Waals surface area (Å²) in [6.45, 7) is 4.14. The number of esters is 1. The molecule has 29 heavy (non-hydrogen) atoms. The van der Waals surface area contributed by atoms with Crippen molar-refractivity contribution < 1.29 is 14.3 Å². The van der Waals surface area contributed by atoms with Crippen molar-refractivity contribution in [2.24, 2.45) is 0 Å². The molecule has 0 aliphatic rings. The van der Waals surface area contributed by atoms with Gasteiger partial charge in [-0.3, -0.25) is 0 Å². The average molecular weight is 392 g/mol. The number of hydrogen-bond donors (Lipinski definition) is 0. The molecule has 0 radical (unpaired) electrons. The Hall–Kier alpha value is -3.06. The molecule has 0 saturated carbocycles. The van der Waals surface area contributed by atoms with Crippen molar-refractivity contribution in [3.8, 4) is 11.8 Å². The first-order chi connectivity index (χ1) is 14.1. The second kappa shape index (κ2) is 11.7. The van der Waals surface area contributed by atoms with Crippen molar-refractivity contribution in [3.63, 3.8) is 0 Å². The summed E-state index contributed by atoms with van der Waals surface area (Å²) in [5.74, 6) is 0.148. The quantitative estimate of drug-likeness (QED) is 0.218. The van der Waals surface area contributed by atoms with Crippen LogP contribution in [0.1, 0.15) is 57.1 Å². The molecule has 0 bridgehead atoms. The number of nitriles is 1. The van der Waals surface area contributed by atoms with Crippen molar-refractivity contribution >= 4 is 11.5 Å². The van der Waals surface area contributed by atoms with Crippen LogP contribution in [-0.2, 0) is 9.53 Å². The minimum atomic E-state index is -0.564. The van der Waals surface area contributed by atoms with E-state index in [4.69, 9.17) is 9.47 Å². The number of rotatable bonds is 10. The zero-order chi connectivity index (χ0) is 21.1. The lowest BCUT2D eigenvalue weighted by Gasteiger charge is -2.17. The first-order valence-electron chi connectivity index (χ1n) is 10.2. The highest BCUT2D eigenvalue weighted by Crippen LogP contribution is 2.29. The van der Waals surface area contributed by atoms with Crippen molar-refractivity contribution in [1.82, 2.24) is 0 Å². The minimum absolute atomic E-state index is 0.0234. The van der Waals surface area contributed by atoms with E-state index in [0.29, 0.717) is 11.3 Å². The number of carbonyl (C=O) groups is 1. The molecule has 4 heteroatoms. The SMILES string of the molecule is CCCCCC(CC)OC(=O)C(C#N)=C(c1ccccc1)c1ccc(OC)cc1. The first kappa shape index (κ1) is 22.2. The minimum Gasteiger partial charge on any atom is -0.497 e. The highest BCUT2D eigenvalue weighted by atomic mass is 16.5. The van der Waals surface area contributed by atoms with Gasteiger partial charge in [-0.1, -0.05) is 69.2 Å². The van der Waals surface area contributed by atoms with Crippen LogP contribution in [-0.4, -0.2) is 19.2 Å². The lowest BCUT2D eigenvalue weighted by atomic mass is 9.93. The zero-order valence-corrected chi connectivity index (χ0v) is 17.5. The Balaban J connectivity index is 2.43. The molecule has 0 N–H and O–H groups in total. The second-order valence-electron chi connectivity index (χ2n) is 6.89. The summed E-state index contributed by atoms with van der Waals surface area (Å²) in [7, 11) is 1.60. The molecule has 2 aromatic rings. The number of methoxy groups -OCH3 is 1. The molecule has 0 heterocycles. The molecule has 2 rings (SSSR count). The van der Waals surface area contributed by atoms with Crippen LogP contribution in [0, 0.1) is 11.3 Å². The number of nitrogens with zero attached hydrogens (tertiary/aromatic N) is 1. The van der Waals surface area contributed by atoms with E-state index in [-0.39, 0.29) is 11.7 Å². The van der Waals surface area contributed by atoms with E-state index in [9.17, 15) is 10.1 Å². The number of ether oxygens (including phenoxy) is 2. The Bertz CT molecular complexity index is 848. The molecular formula is C25H29NO3. The molecule has 0 aliphatic carbocycles. The maximum Gasteiger partial charge on any atom is 0.349 e. The van der Waals surface area contributed by atoms with Crippen LogP contribution in [0.2, 0.25) is 0 Å². The van der Waals surface area contributed by atoms with E-state index in [1.165, 1.54) is 0 Å². The van der Waals surface area contributed by atoms with E-state index in [1.807, 2.05) is 61.5 Å². The molecule has 1 unspecified atom stereocenters. The fourth-order valence-electron chi connectivity index (χ4n) is 3.20. The molecule has 4 nitrogen and oxygen atoms in total. The topological polar surface area (TPSA) is 59.3 Å². The molecule has 1 atom stereocenters. The van der Waals surface area contributed by atoms with Gasteiger partial charge in [-0.15, -0.1) is 0 Å². The van der Waals surface area contributed by atoms with Gasteiger partial charge in [0.25, 0.3) is 0 Å². The summed E-state index contributed by atoms with van der Waals surface area (Å²) in [6.07, 6.45) is 4.61. The summed E-state index contributed by atoms with van der Waals surface area (Å²) in [4.78, 5) is 13.0. The number of benzene rings is 2. The fourth-order valence-corrected chi connectivity index (χ4v) is 3.20. The van der Waals surface area contributed by atoms with E-state index >= 15 is 0 Å². The number of hydrogen-bond acceptors (Lipinski definition) is 4. The van der Waals surface area contributed by atoms with Crippen LogP contribution in [0.15, 0.2) is 60.2 Å². The van der Waals surface area contributed by atoms with Crippen LogP contribution in [0.4, 0.5) is 0 Å². The zero-order valence-electron chi connectivity index (χ0n) is 17.5. The smallest absolute Gasteiger partial charge is 0.349 e. The molecule has 0 fully saturated rings. The van der Waals surface area contributed by atoms with Crippen molar-refractivity contribution in [1.29, 1.82) is 5.26 Å². The van der Waals surface area contributed by atoms with Gasteiger partial charge >= 0.3 is 5.97 Å². The van der Waals surface area contributed by atoms with Crippen LogP contribution >= 0.6 is 0 Å². The van der Waals surface area contributed by atoms with Gasteiger partial charge in [0, 0.05) is 5.57 Å². The lowest BCUT2D eigenvalue weighted by molar-refractivity contribution is -0.144. The van der Waals surface area contributed by atoms with E-state index < -0.39 is 5.97 Å². The van der Waals surface area contributed by atoms with E-state index in [1.54, 1.807) is 7.11 Å². The van der Waals surface area contributed by atoms with Gasteiger partial charge in [-0.2, -0.15) is 5.26 Å². The van der Waals surface area contributed by atoms with Gasteiger partial charge < -0.3 is 9.47 Å². The summed E-state index contributed by atoms with van der Waals surface area (Å²) >= 11 is 0. The van der Waals surface area contributed by atoms with Gasteiger partial charge in [0.05, 0.1) is 7.11 Å². The highest BCUT2D eigenvalue weighted by molar-refractivity contribution is 6.05. The van der Waals surface area contributed by atoms with Crippen LogP contribution in [0.3, 0.4) is 0 Å². The lowest BCUT2D eigenvalue weighted by Crippen LogP contribution is -2.19. The maximum absolute atomic E-state index is 13.0. The van der Waals surface area contributed by atoms with E-state index in [0.717, 1.165) is 43.2 Å². The molecule has 0 amide bonds. The van der Waals surface area contributed by atoms with E-state index in [2.05, 4.69) is 13.0 Å². The van der Waals surface area contributed by atoms with Crippen molar-refractivity contribution in [2.45, 2.75) is 52.1 Å². The third-order valence-electron chi connectivity index (χ3n) is 4.87. The Morgan fingerprint density at radius 3 is 2.21 bits per heavy atom. The molecule has 0 aliphatic heterocycles. The normalized spacial score (nSPS) is 12.5. The maximum atomic E-state index is 13.0. The van der Waals surface area contributed by atoms with Gasteiger partial charge in [-0.05, 0) is 42.5 Å². The Kier molecular flexibility index (Phi) is 8.98. The Labute approximate surface area is 173 Å². The third-order valence-corrected chi connectivity index (χ3v) is 4.87. The molecule has 2 aromatic carbocycles. The fraction of sp³-hybridized carbons (Fsp3) is 0.360. The van der Waals surface area contributed by atoms with Gasteiger partial charge in [0.15, 0.2) is 0 Å². The molecule has 0 aromatic heterocycles. The molecule has 0 saturated heterocycles. The summed E-state index contributed by atoms with van der Waals surface area (Å²) in [5.41, 5.74) is 2.16. The predicted octanol–water partition coefficient (Wildman–Crippen LogP) is 5.92. The van der Waals surface area contributed by atoms with Crippen LogP contribution < -0.4 is 4.74 Å². The predicted molar refractivity (Wildman–Crippen MR) is 115 cm³/mol. The van der Waals surface area contributed by atoms with Crippen LogP contribution in [0.25, 0.3) is 5.57 Å². The molecule has 0 spiro atoms. The number of unbranched alkanes of at least 4 members (excludes halogenated alkanes) is 2. The van der Waals surface area contributed by atoms with Crippen molar-refractivity contribution in [2.75, 3.05) is 7.11 Å². The van der Waals surface area contributed by atoms with Gasteiger partial charge in [-0.25, -0.2) is 4.79 Å². The molecular weight excluding hydrogens is 362 g/mol. The second-order valence-corrected chi connectivity index (χ2v) is 6.89. The monoisotopic (exact) mass is 391 g/mol. The van der Waals surface area contributed by atoms with Gasteiger partial charge in [0.2, 0.25) is 0 Å². The first-order valence-corrected chi connectivity index (χ1v) is 10.2. The van der Waals surface area contributed by atoms with Gasteiger partial charge in [0.1, 0.15) is 23.5 Å². The largest absolute Gasteiger partial charge is 0.497 e. The Morgan fingerprint density at radius 2 is 1.66 bits per heavy atom. The summed E-state index contributed by atoms with van der Waals surface area (Å²) in [5, 5.41) is 9.86.